The van der Waals surface area contributed by atoms with Crippen molar-refractivity contribution in [2.24, 2.45) is 35.5 Å². The molecule has 0 amide bonds. The van der Waals surface area contributed by atoms with Gasteiger partial charge in [-0.15, -0.1) is 0 Å². The number of fused-ring (bicyclic) bond motifs is 1. The Kier molecular flexibility index (Phi) is 17.1. The molecule has 8 nitrogen and oxygen atoms in total. The van der Waals surface area contributed by atoms with Crippen LogP contribution in [0.15, 0.2) is 46.6 Å². The Labute approximate surface area is 264 Å². The summed E-state index contributed by atoms with van der Waals surface area (Å²) >= 11 is 0. The van der Waals surface area contributed by atoms with Crippen molar-refractivity contribution >= 4 is 23.9 Å². The lowest BCUT2D eigenvalue weighted by Gasteiger charge is -2.44. The number of carbonyl (C=O) groups is 4. The number of esters is 4. The maximum atomic E-state index is 12.5. The number of rotatable bonds is 8. The summed E-state index contributed by atoms with van der Waals surface area (Å²) in [5.74, 6) is 4.13. The molecule has 4 aliphatic rings. The minimum absolute atomic E-state index is 0.0246. The van der Waals surface area contributed by atoms with E-state index in [0.29, 0.717) is 36.2 Å². The van der Waals surface area contributed by atoms with E-state index in [1.165, 1.54) is 17.6 Å². The molecule has 0 fully saturated rings. The molecular weight excluding hydrogens is 560 g/mol. The molecule has 4 rings (SSSR count). The summed E-state index contributed by atoms with van der Waals surface area (Å²) in [7, 11) is 0. The summed E-state index contributed by atoms with van der Waals surface area (Å²) in [6, 6.07) is 0. The first-order chi connectivity index (χ1) is 20.8. The lowest BCUT2D eigenvalue weighted by Crippen LogP contribution is -2.41. The molecule has 8 heteroatoms. The van der Waals surface area contributed by atoms with E-state index in [9.17, 15) is 19.2 Å². The lowest BCUT2D eigenvalue weighted by molar-refractivity contribution is -0.143. The van der Waals surface area contributed by atoms with Gasteiger partial charge in [-0.1, -0.05) is 63.1 Å². The molecule has 0 saturated heterocycles. The standard InChI is InChI=1S/C18H26O4.C10H16.C8H10O4/c1-6-21-17(19)15-12-8-11(5)14(13(9-12)10(3)4)16(15)18(20)22-7-2;1-8(2)10-6-4-9(3)5-7-10;1-3-11-7(9)5-6-8(10)12-4-2/h8,10,12-14H,6-7,9H2,1-5H3;4-6,8,10H,7H2,1-3H3;3-4H2,1-2H3. The van der Waals surface area contributed by atoms with E-state index < -0.39 is 11.9 Å². The molecule has 2 bridgehead atoms. The third kappa shape index (κ3) is 11.8. The number of ether oxygens (including phenoxy) is 4. The minimum atomic E-state index is -0.717. The van der Waals surface area contributed by atoms with Gasteiger partial charge in [0.2, 0.25) is 0 Å². The Hall–Kier alpha value is -3.60. The van der Waals surface area contributed by atoms with Crippen LogP contribution in [0.3, 0.4) is 0 Å². The van der Waals surface area contributed by atoms with Crippen LogP contribution < -0.4 is 0 Å². The molecule has 0 aliphatic heterocycles. The molecule has 4 unspecified atom stereocenters. The molecule has 0 radical (unpaired) electrons. The van der Waals surface area contributed by atoms with Gasteiger partial charge in [0, 0.05) is 23.7 Å². The monoisotopic (exact) mass is 612 g/mol. The second-order valence-corrected chi connectivity index (χ2v) is 11.5. The highest BCUT2D eigenvalue weighted by Gasteiger charge is 2.47. The average Bonchev–Trinajstić information content (AvgIpc) is 2.97. The Morgan fingerprint density at radius 2 is 1.27 bits per heavy atom. The fourth-order valence-electron chi connectivity index (χ4n) is 5.51. The van der Waals surface area contributed by atoms with Crippen LogP contribution in [0.25, 0.3) is 0 Å². The van der Waals surface area contributed by atoms with Gasteiger partial charge in [-0.3, -0.25) is 0 Å². The first-order valence-corrected chi connectivity index (χ1v) is 15.8. The Morgan fingerprint density at radius 3 is 1.68 bits per heavy atom. The SMILES string of the molecule is CC1=CCC(C(C)C)C=C1.CCOC(=O)C#CC(=O)OCC.CCOC(=O)C1=C(C(=O)OCC)C2C(C)=CC1CC2C(C)C. The van der Waals surface area contributed by atoms with Crippen LogP contribution in [0.5, 0.6) is 0 Å². The zero-order valence-electron chi connectivity index (χ0n) is 28.3. The summed E-state index contributed by atoms with van der Waals surface area (Å²) in [4.78, 5) is 46.0. The molecule has 0 saturated carbocycles. The van der Waals surface area contributed by atoms with Crippen molar-refractivity contribution in [2.45, 2.75) is 82.1 Å². The van der Waals surface area contributed by atoms with Gasteiger partial charge in [-0.2, -0.15) is 0 Å². The number of hydrogen-bond acceptors (Lipinski definition) is 8. The molecule has 0 aromatic heterocycles. The number of allylic oxidation sites excluding steroid dienone is 6. The fourth-order valence-corrected chi connectivity index (χ4v) is 5.51. The highest BCUT2D eigenvalue weighted by Crippen LogP contribution is 2.51. The van der Waals surface area contributed by atoms with E-state index in [1.807, 2.05) is 18.8 Å². The molecule has 0 aromatic carbocycles. The second-order valence-electron chi connectivity index (χ2n) is 11.5. The van der Waals surface area contributed by atoms with Crippen LogP contribution in [0.2, 0.25) is 0 Å². The van der Waals surface area contributed by atoms with E-state index in [4.69, 9.17) is 9.47 Å². The van der Waals surface area contributed by atoms with Crippen LogP contribution >= 0.6 is 0 Å². The molecule has 244 valence electrons. The van der Waals surface area contributed by atoms with Gasteiger partial charge in [-0.05, 0) is 78.1 Å². The molecular formula is C36H52O8. The molecule has 0 spiro atoms. The van der Waals surface area contributed by atoms with Crippen molar-refractivity contribution in [1.82, 2.24) is 0 Å². The van der Waals surface area contributed by atoms with Crippen molar-refractivity contribution in [2.75, 3.05) is 26.4 Å². The maximum absolute atomic E-state index is 12.5. The predicted molar refractivity (Wildman–Crippen MR) is 171 cm³/mol. The van der Waals surface area contributed by atoms with Crippen molar-refractivity contribution in [1.29, 1.82) is 0 Å². The third-order valence-corrected chi connectivity index (χ3v) is 7.72. The van der Waals surface area contributed by atoms with Crippen LogP contribution in [0.1, 0.15) is 82.1 Å². The van der Waals surface area contributed by atoms with Crippen molar-refractivity contribution in [3.05, 3.63) is 46.6 Å². The summed E-state index contributed by atoms with van der Waals surface area (Å²) in [5, 5.41) is 0. The number of hydrogen-bond donors (Lipinski definition) is 0. The van der Waals surface area contributed by atoms with Crippen molar-refractivity contribution in [3.63, 3.8) is 0 Å². The van der Waals surface area contributed by atoms with E-state index in [1.54, 1.807) is 27.7 Å². The summed E-state index contributed by atoms with van der Waals surface area (Å²) in [6.07, 6.45) is 11.1. The zero-order valence-corrected chi connectivity index (χ0v) is 28.3. The largest absolute Gasteiger partial charge is 0.463 e. The van der Waals surface area contributed by atoms with Gasteiger partial charge in [-0.25, -0.2) is 19.2 Å². The van der Waals surface area contributed by atoms with E-state index in [0.717, 1.165) is 18.3 Å². The summed E-state index contributed by atoms with van der Waals surface area (Å²) in [5.41, 5.74) is 3.64. The number of carbonyl (C=O) groups excluding carboxylic acids is 4. The summed E-state index contributed by atoms with van der Waals surface area (Å²) in [6.45, 7) is 21.1. The molecule has 4 aliphatic carbocycles. The van der Waals surface area contributed by atoms with E-state index in [-0.39, 0.29) is 37.0 Å². The zero-order chi connectivity index (χ0) is 33.4. The highest BCUT2D eigenvalue weighted by molar-refractivity contribution is 6.03. The Bertz CT molecular complexity index is 1170. The maximum Gasteiger partial charge on any atom is 0.384 e. The lowest BCUT2D eigenvalue weighted by atomic mass is 9.59. The normalized spacial score (nSPS) is 21.4. The first kappa shape index (κ1) is 38.4. The van der Waals surface area contributed by atoms with Gasteiger partial charge in [0.15, 0.2) is 0 Å². The van der Waals surface area contributed by atoms with Gasteiger partial charge in [0.05, 0.1) is 37.6 Å². The summed E-state index contributed by atoms with van der Waals surface area (Å²) < 4.78 is 19.3. The Morgan fingerprint density at radius 1 is 0.773 bits per heavy atom. The van der Waals surface area contributed by atoms with Gasteiger partial charge in [0.1, 0.15) is 0 Å². The molecule has 4 atom stereocenters. The third-order valence-electron chi connectivity index (χ3n) is 7.72. The van der Waals surface area contributed by atoms with Crippen LogP contribution in [0, 0.1) is 47.3 Å². The van der Waals surface area contributed by atoms with Crippen LogP contribution in [0.4, 0.5) is 0 Å². The fraction of sp³-hybridized carbons (Fsp3) is 0.611. The van der Waals surface area contributed by atoms with E-state index in [2.05, 4.69) is 68.4 Å². The smallest absolute Gasteiger partial charge is 0.384 e. The average molecular weight is 613 g/mol. The molecule has 0 aromatic rings. The van der Waals surface area contributed by atoms with Crippen molar-refractivity contribution in [3.8, 4) is 11.8 Å². The second kappa shape index (κ2) is 19.6. The van der Waals surface area contributed by atoms with Crippen molar-refractivity contribution < 1.29 is 38.1 Å². The topological polar surface area (TPSA) is 105 Å². The minimum Gasteiger partial charge on any atom is -0.463 e. The predicted octanol–water partition coefficient (Wildman–Crippen LogP) is 6.56. The Balaban J connectivity index is 0.000000370. The van der Waals surface area contributed by atoms with E-state index >= 15 is 0 Å². The van der Waals surface area contributed by atoms with Gasteiger partial charge >= 0.3 is 23.9 Å². The van der Waals surface area contributed by atoms with Gasteiger partial charge in [0.25, 0.3) is 0 Å². The highest BCUT2D eigenvalue weighted by atomic mass is 16.5. The van der Waals surface area contributed by atoms with Crippen LogP contribution in [-0.2, 0) is 38.1 Å². The molecule has 44 heavy (non-hydrogen) atoms. The molecule has 0 N–H and O–H groups in total. The quantitative estimate of drug-likeness (QED) is 0.0998. The molecule has 0 heterocycles. The van der Waals surface area contributed by atoms with Crippen LogP contribution in [-0.4, -0.2) is 50.3 Å². The van der Waals surface area contributed by atoms with Gasteiger partial charge < -0.3 is 18.9 Å². The first-order valence-electron chi connectivity index (χ1n) is 15.8.